The molecule has 1 aliphatic rings. The van der Waals surface area contributed by atoms with Crippen molar-refractivity contribution < 1.29 is 0 Å². The van der Waals surface area contributed by atoms with Crippen molar-refractivity contribution in [3.63, 3.8) is 0 Å². The molecule has 0 aromatic heterocycles. The first kappa shape index (κ1) is 10.4. The van der Waals surface area contributed by atoms with Gasteiger partial charge in [-0.25, -0.2) is 0 Å². The van der Waals surface area contributed by atoms with Crippen molar-refractivity contribution in [1.29, 1.82) is 10.5 Å². The molecule has 65 valence electrons. The van der Waals surface area contributed by atoms with Gasteiger partial charge in [-0.05, 0) is 0 Å². The number of nitrogens with zero attached hydrogens (tertiary/aromatic N) is 2. The second-order valence-electron chi connectivity index (χ2n) is 2.30. The van der Waals surface area contributed by atoms with Crippen molar-refractivity contribution in [2.45, 2.75) is 6.42 Å². The van der Waals surface area contributed by atoms with E-state index < -0.39 is 0 Å². The maximum absolute atomic E-state index is 8.64. The van der Waals surface area contributed by atoms with Crippen LogP contribution in [0.3, 0.4) is 0 Å². The maximum atomic E-state index is 8.64. The summed E-state index contributed by atoms with van der Waals surface area (Å²) in [5, 5.41) is 17.6. The Bertz CT molecular complexity index is 381. The predicted molar refractivity (Wildman–Crippen MR) is 50.7 cm³/mol. The number of hydrogen-bond acceptors (Lipinski definition) is 2. The standard InChI is InChI=1S/C8H2Cl3N2/c9-6-4(2-12)1-5(3-13)7(10)8(6)11/h1H2. The summed E-state index contributed by atoms with van der Waals surface area (Å²) < 4.78 is 0. The number of rotatable bonds is 0. The lowest BCUT2D eigenvalue weighted by atomic mass is 9.96. The largest absolute Gasteiger partial charge is 0.197 e. The summed E-state index contributed by atoms with van der Waals surface area (Å²) in [5.74, 6) is 0.271. The van der Waals surface area contributed by atoms with Crippen LogP contribution < -0.4 is 0 Å². The molecule has 0 saturated carbocycles. The van der Waals surface area contributed by atoms with E-state index in [2.05, 4.69) is 0 Å². The van der Waals surface area contributed by atoms with Crippen LogP contribution in [-0.4, -0.2) is 0 Å². The third kappa shape index (κ3) is 1.81. The summed E-state index contributed by atoms with van der Waals surface area (Å²) in [5.41, 5.74) is 0.271. The fraction of sp³-hybridized carbons (Fsp3) is 0.125. The Morgan fingerprint density at radius 2 is 1.54 bits per heavy atom. The van der Waals surface area contributed by atoms with E-state index >= 15 is 0 Å². The third-order valence-electron chi connectivity index (χ3n) is 1.54. The number of halogens is 3. The van der Waals surface area contributed by atoms with Crippen molar-refractivity contribution >= 4 is 34.8 Å². The first-order chi connectivity index (χ1) is 6.11. The molecule has 0 bridgehead atoms. The Balaban J connectivity index is 3.22. The Morgan fingerprint density at radius 3 is 2.00 bits per heavy atom. The molecule has 0 spiro atoms. The fourth-order valence-electron chi connectivity index (χ4n) is 0.870. The Morgan fingerprint density at radius 1 is 0.923 bits per heavy atom. The van der Waals surface area contributed by atoms with Crippen LogP contribution in [0.25, 0.3) is 0 Å². The van der Waals surface area contributed by atoms with E-state index in [-0.39, 0.29) is 33.0 Å². The molecule has 1 rings (SSSR count). The Hall–Kier alpha value is -0.670. The molecule has 0 fully saturated rings. The van der Waals surface area contributed by atoms with Crippen molar-refractivity contribution in [3.8, 4) is 12.1 Å². The maximum Gasteiger partial charge on any atom is 0.123 e. The van der Waals surface area contributed by atoms with Crippen LogP contribution in [0.5, 0.6) is 0 Å². The van der Waals surface area contributed by atoms with E-state index in [1.807, 2.05) is 12.1 Å². The average Bonchev–Trinajstić information content (AvgIpc) is 2.15. The lowest BCUT2D eigenvalue weighted by Gasteiger charge is -2.15. The molecule has 0 atom stereocenters. The van der Waals surface area contributed by atoms with Crippen LogP contribution in [0.1, 0.15) is 6.42 Å². The monoisotopic (exact) mass is 231 g/mol. The van der Waals surface area contributed by atoms with Gasteiger partial charge in [0.1, 0.15) is 5.92 Å². The van der Waals surface area contributed by atoms with Crippen LogP contribution in [-0.2, 0) is 0 Å². The SMILES string of the molecule is N#C[C]1CC(C#N)=C(Cl)C(Cl)=C1Cl. The summed E-state index contributed by atoms with van der Waals surface area (Å²) >= 11 is 17.1. The molecule has 1 radical (unpaired) electrons. The first-order valence-electron chi connectivity index (χ1n) is 3.22. The fourth-order valence-corrected chi connectivity index (χ4v) is 1.55. The molecule has 0 N–H and O–H groups in total. The van der Waals surface area contributed by atoms with Gasteiger partial charge in [0.25, 0.3) is 0 Å². The molecule has 0 amide bonds. The molecule has 0 unspecified atom stereocenters. The molecule has 0 heterocycles. The van der Waals surface area contributed by atoms with Crippen molar-refractivity contribution in [3.05, 3.63) is 26.6 Å². The van der Waals surface area contributed by atoms with Crippen LogP contribution in [0.15, 0.2) is 20.7 Å². The quantitative estimate of drug-likeness (QED) is 0.644. The second-order valence-corrected chi connectivity index (χ2v) is 3.43. The highest BCUT2D eigenvalue weighted by molar-refractivity contribution is 6.49. The molecule has 1 aliphatic carbocycles. The molecular formula is C8H2Cl3N2. The smallest absolute Gasteiger partial charge is 0.123 e. The van der Waals surface area contributed by atoms with Crippen molar-refractivity contribution in [2.24, 2.45) is 0 Å². The van der Waals surface area contributed by atoms with Gasteiger partial charge in [-0.2, -0.15) is 10.5 Å². The van der Waals surface area contributed by atoms with E-state index in [0.29, 0.717) is 0 Å². The average molecular weight is 232 g/mol. The molecule has 0 aromatic carbocycles. The molecule has 0 saturated heterocycles. The van der Waals surface area contributed by atoms with Gasteiger partial charge in [0.05, 0.1) is 32.8 Å². The minimum atomic E-state index is 0.0719. The molecule has 5 heteroatoms. The summed E-state index contributed by atoms with van der Waals surface area (Å²) in [6.45, 7) is 0. The molecule has 0 aliphatic heterocycles. The van der Waals surface area contributed by atoms with Gasteiger partial charge in [0.15, 0.2) is 0 Å². The van der Waals surface area contributed by atoms with Gasteiger partial charge >= 0.3 is 0 Å². The highest BCUT2D eigenvalue weighted by Gasteiger charge is 2.27. The zero-order valence-corrected chi connectivity index (χ0v) is 8.50. The zero-order valence-electron chi connectivity index (χ0n) is 6.24. The van der Waals surface area contributed by atoms with E-state index in [9.17, 15) is 0 Å². The van der Waals surface area contributed by atoms with E-state index in [1.54, 1.807) is 0 Å². The topological polar surface area (TPSA) is 47.6 Å². The molecular weight excluding hydrogens is 230 g/mol. The summed E-state index contributed by atoms with van der Waals surface area (Å²) in [6, 6.07) is 3.73. The number of nitriles is 2. The van der Waals surface area contributed by atoms with Gasteiger partial charge in [-0.3, -0.25) is 0 Å². The Labute approximate surface area is 90.6 Å². The van der Waals surface area contributed by atoms with Gasteiger partial charge < -0.3 is 0 Å². The number of hydrogen-bond donors (Lipinski definition) is 0. The van der Waals surface area contributed by atoms with Gasteiger partial charge in [0, 0.05) is 6.42 Å². The van der Waals surface area contributed by atoms with Gasteiger partial charge in [-0.1, -0.05) is 34.8 Å². The minimum absolute atomic E-state index is 0.0719. The van der Waals surface area contributed by atoms with E-state index in [4.69, 9.17) is 45.3 Å². The van der Waals surface area contributed by atoms with Crippen molar-refractivity contribution in [2.75, 3.05) is 0 Å². The normalized spacial score (nSPS) is 18.5. The second kappa shape index (κ2) is 4.03. The lowest BCUT2D eigenvalue weighted by Crippen LogP contribution is -2.05. The number of allylic oxidation sites excluding steroid dienone is 4. The minimum Gasteiger partial charge on any atom is -0.197 e. The van der Waals surface area contributed by atoms with Crippen LogP contribution in [0, 0.1) is 28.6 Å². The summed E-state index contributed by atoms with van der Waals surface area (Å²) in [4.78, 5) is 0. The van der Waals surface area contributed by atoms with Gasteiger partial charge in [-0.15, -0.1) is 0 Å². The van der Waals surface area contributed by atoms with E-state index in [0.717, 1.165) is 0 Å². The highest BCUT2D eigenvalue weighted by atomic mass is 35.5. The van der Waals surface area contributed by atoms with Crippen LogP contribution >= 0.6 is 34.8 Å². The lowest BCUT2D eigenvalue weighted by molar-refractivity contribution is 1.06. The highest BCUT2D eigenvalue weighted by Crippen LogP contribution is 2.40. The third-order valence-corrected chi connectivity index (χ3v) is 2.94. The van der Waals surface area contributed by atoms with Crippen LogP contribution in [0.4, 0.5) is 0 Å². The molecule has 2 nitrogen and oxygen atoms in total. The van der Waals surface area contributed by atoms with Crippen LogP contribution in [0.2, 0.25) is 0 Å². The zero-order chi connectivity index (χ0) is 10.0. The van der Waals surface area contributed by atoms with Crippen molar-refractivity contribution in [1.82, 2.24) is 0 Å². The molecule has 0 aromatic rings. The van der Waals surface area contributed by atoms with E-state index in [1.165, 1.54) is 0 Å². The Kier molecular flexibility index (Phi) is 3.22. The predicted octanol–water partition coefficient (Wildman–Crippen LogP) is 3.19. The summed E-state index contributed by atoms with van der Waals surface area (Å²) in [6.07, 6.45) is 0.154. The summed E-state index contributed by atoms with van der Waals surface area (Å²) in [7, 11) is 0. The first-order valence-corrected chi connectivity index (χ1v) is 4.36. The van der Waals surface area contributed by atoms with Gasteiger partial charge in [0.2, 0.25) is 0 Å². The molecule has 13 heavy (non-hydrogen) atoms.